The first-order valence-corrected chi connectivity index (χ1v) is 19.0. The van der Waals surface area contributed by atoms with E-state index < -0.39 is 24.0 Å². The summed E-state index contributed by atoms with van der Waals surface area (Å²) in [5.74, 6) is 1.41. The first kappa shape index (κ1) is 40.6. The van der Waals surface area contributed by atoms with E-state index in [2.05, 4.69) is 62.9 Å². The highest BCUT2D eigenvalue weighted by molar-refractivity contribution is 5.87. The van der Waals surface area contributed by atoms with Crippen LogP contribution in [0.2, 0.25) is 0 Å². The normalized spacial score (nSPS) is 15.9. The van der Waals surface area contributed by atoms with E-state index in [9.17, 15) is 14.7 Å². The summed E-state index contributed by atoms with van der Waals surface area (Å²) < 4.78 is 22.4. The molecule has 0 saturated heterocycles. The number of ether oxygens (including phenoxy) is 4. The van der Waals surface area contributed by atoms with Crippen molar-refractivity contribution in [1.82, 2.24) is 0 Å². The number of unbranched alkanes of at least 4 members (excludes halogenated alkanes) is 2. The molecule has 0 radical (unpaired) electrons. The zero-order valence-corrected chi connectivity index (χ0v) is 31.6. The van der Waals surface area contributed by atoms with Crippen molar-refractivity contribution in [3.05, 3.63) is 83.9 Å². The molecule has 1 aliphatic carbocycles. The number of aliphatic hydroxyl groups is 2. The van der Waals surface area contributed by atoms with E-state index in [1.807, 2.05) is 12.1 Å². The maximum absolute atomic E-state index is 12.3. The van der Waals surface area contributed by atoms with Gasteiger partial charge in [-0.15, -0.1) is 0 Å². The van der Waals surface area contributed by atoms with Gasteiger partial charge in [-0.2, -0.15) is 0 Å². The van der Waals surface area contributed by atoms with Crippen LogP contribution in [0.15, 0.2) is 72.8 Å². The topological polar surface area (TPSA) is 112 Å². The highest BCUT2D eigenvalue weighted by atomic mass is 16.6. The van der Waals surface area contributed by atoms with Crippen LogP contribution in [0.5, 0.6) is 11.5 Å². The minimum absolute atomic E-state index is 0.0153. The van der Waals surface area contributed by atoms with Crippen LogP contribution in [0, 0.1) is 11.3 Å². The Kier molecular flexibility index (Phi) is 15.8. The average molecular weight is 715 g/mol. The lowest BCUT2D eigenvalue weighted by molar-refractivity contribution is -0.156. The Morgan fingerprint density at radius 1 is 0.769 bits per heavy atom. The van der Waals surface area contributed by atoms with E-state index in [-0.39, 0.29) is 38.6 Å². The molecule has 0 heterocycles. The van der Waals surface area contributed by atoms with Gasteiger partial charge in [0.15, 0.2) is 0 Å². The second kappa shape index (κ2) is 20.2. The summed E-state index contributed by atoms with van der Waals surface area (Å²) in [5, 5.41) is 18.6. The average Bonchev–Trinajstić information content (AvgIpc) is 3.17. The monoisotopic (exact) mass is 714 g/mol. The molecule has 0 atom stereocenters. The summed E-state index contributed by atoms with van der Waals surface area (Å²) in [6, 6.07) is 21.3. The summed E-state index contributed by atoms with van der Waals surface area (Å²) in [6.45, 7) is 10.5. The molecule has 1 fully saturated rings. The molecule has 282 valence electrons. The van der Waals surface area contributed by atoms with Crippen LogP contribution >= 0.6 is 0 Å². The van der Waals surface area contributed by atoms with Gasteiger partial charge in [0.1, 0.15) is 37.9 Å². The predicted molar refractivity (Wildman–Crippen MR) is 206 cm³/mol. The molecule has 0 spiro atoms. The lowest BCUT2D eigenvalue weighted by atomic mass is 9.77. The highest BCUT2D eigenvalue weighted by Crippen LogP contribution is 2.39. The maximum atomic E-state index is 12.3. The van der Waals surface area contributed by atoms with E-state index in [0.717, 1.165) is 29.0 Å². The van der Waals surface area contributed by atoms with Gasteiger partial charge in [-0.05, 0) is 103 Å². The Hall–Kier alpha value is -4.14. The van der Waals surface area contributed by atoms with E-state index in [1.54, 1.807) is 19.9 Å². The van der Waals surface area contributed by atoms with Crippen molar-refractivity contribution in [2.24, 2.45) is 11.3 Å². The second-order valence-electron chi connectivity index (χ2n) is 14.5. The summed E-state index contributed by atoms with van der Waals surface area (Å²) >= 11 is 0. The van der Waals surface area contributed by atoms with E-state index >= 15 is 0 Å². The first-order valence-electron chi connectivity index (χ1n) is 19.0. The third-order valence-electron chi connectivity index (χ3n) is 10.1. The van der Waals surface area contributed by atoms with Crippen LogP contribution in [-0.2, 0) is 25.5 Å². The van der Waals surface area contributed by atoms with Gasteiger partial charge in [0.2, 0.25) is 0 Å². The van der Waals surface area contributed by atoms with Gasteiger partial charge in [0.05, 0.1) is 24.2 Å². The molecule has 52 heavy (non-hydrogen) atoms. The molecular formula is C44H58O8. The molecule has 3 aromatic carbocycles. The van der Waals surface area contributed by atoms with Gasteiger partial charge in [0.25, 0.3) is 0 Å². The third kappa shape index (κ3) is 11.7. The standard InChI is InChI=1S/C44H58O8/c1-6-8-9-10-32-11-13-34(14-12-32)35-15-17-36(18-16-35)37-19-20-41(33(7-2)25-37)38-26-39(49-21-23-51-42(47)31(3)29-45)28-40(27-38)50-22-24-52-43(48)44(4,5)30-46/h15-20,25-28,32,34,45-46H,3,6-14,21-24,29-30H2,1-2,4-5H3. The SMILES string of the molecule is C=C(CO)C(=O)OCCOc1cc(OCCOC(=O)C(C)(C)CO)cc(-c2ccc(-c3ccc(C4CCC(CCCCC)CC4)cc3)cc2CC)c1. The summed E-state index contributed by atoms with van der Waals surface area (Å²) in [4.78, 5) is 24.2. The van der Waals surface area contributed by atoms with E-state index in [0.29, 0.717) is 17.4 Å². The first-order chi connectivity index (χ1) is 25.1. The van der Waals surface area contributed by atoms with Crippen molar-refractivity contribution in [3.8, 4) is 33.8 Å². The Balaban J connectivity index is 1.48. The number of hydrogen-bond donors (Lipinski definition) is 2. The largest absolute Gasteiger partial charge is 0.490 e. The molecule has 2 N–H and O–H groups in total. The van der Waals surface area contributed by atoms with Crippen LogP contribution in [0.1, 0.15) is 96.1 Å². The van der Waals surface area contributed by atoms with Crippen molar-refractivity contribution in [1.29, 1.82) is 0 Å². The third-order valence-corrected chi connectivity index (χ3v) is 10.1. The minimum atomic E-state index is -0.995. The van der Waals surface area contributed by atoms with Crippen LogP contribution in [-0.4, -0.2) is 61.8 Å². The van der Waals surface area contributed by atoms with Crippen LogP contribution in [0.3, 0.4) is 0 Å². The van der Waals surface area contributed by atoms with Gasteiger partial charge in [0, 0.05) is 6.07 Å². The molecule has 8 nitrogen and oxygen atoms in total. The summed E-state index contributed by atoms with van der Waals surface area (Å²) in [7, 11) is 0. The van der Waals surface area contributed by atoms with E-state index in [1.165, 1.54) is 68.1 Å². The zero-order chi connectivity index (χ0) is 37.5. The maximum Gasteiger partial charge on any atom is 0.335 e. The van der Waals surface area contributed by atoms with Gasteiger partial charge >= 0.3 is 11.9 Å². The molecule has 0 unspecified atom stereocenters. The molecule has 0 aromatic heterocycles. The number of rotatable bonds is 20. The molecule has 0 bridgehead atoms. The Labute approximate surface area is 310 Å². The van der Waals surface area contributed by atoms with Crippen LogP contribution in [0.25, 0.3) is 22.3 Å². The fraction of sp³-hybridized carbons (Fsp3) is 0.500. The van der Waals surface area contributed by atoms with Gasteiger partial charge in [-0.1, -0.05) is 88.6 Å². The number of aliphatic hydroxyl groups excluding tert-OH is 2. The number of benzene rings is 3. The van der Waals surface area contributed by atoms with Gasteiger partial charge in [-0.3, -0.25) is 4.79 Å². The molecule has 0 amide bonds. The van der Waals surface area contributed by atoms with E-state index in [4.69, 9.17) is 24.1 Å². The zero-order valence-electron chi connectivity index (χ0n) is 31.6. The summed E-state index contributed by atoms with van der Waals surface area (Å²) in [6.07, 6.45) is 11.5. The molecule has 4 rings (SSSR count). The molecule has 1 aliphatic rings. The van der Waals surface area contributed by atoms with Crippen LogP contribution < -0.4 is 9.47 Å². The van der Waals surface area contributed by atoms with Crippen LogP contribution in [0.4, 0.5) is 0 Å². The fourth-order valence-electron chi connectivity index (χ4n) is 6.67. The van der Waals surface area contributed by atoms with Gasteiger partial charge in [-0.25, -0.2) is 4.79 Å². The predicted octanol–water partition coefficient (Wildman–Crippen LogP) is 8.85. The lowest BCUT2D eigenvalue weighted by Gasteiger charge is -2.29. The Morgan fingerprint density at radius 3 is 2.00 bits per heavy atom. The number of carbonyl (C=O) groups excluding carboxylic acids is 2. The van der Waals surface area contributed by atoms with Crippen molar-refractivity contribution < 1.29 is 38.7 Å². The van der Waals surface area contributed by atoms with Gasteiger partial charge < -0.3 is 29.2 Å². The quantitative estimate of drug-likeness (QED) is 0.0679. The number of carbonyl (C=O) groups is 2. The molecule has 3 aromatic rings. The Bertz CT molecular complexity index is 1600. The second-order valence-corrected chi connectivity index (χ2v) is 14.5. The number of hydrogen-bond acceptors (Lipinski definition) is 8. The Morgan fingerprint density at radius 2 is 1.40 bits per heavy atom. The number of esters is 2. The van der Waals surface area contributed by atoms with Crippen molar-refractivity contribution in [3.63, 3.8) is 0 Å². The lowest BCUT2D eigenvalue weighted by Crippen LogP contribution is -2.31. The molecule has 8 heteroatoms. The van der Waals surface area contributed by atoms with Crippen molar-refractivity contribution in [2.75, 3.05) is 39.6 Å². The minimum Gasteiger partial charge on any atom is -0.490 e. The molecular weight excluding hydrogens is 656 g/mol. The van der Waals surface area contributed by atoms with Crippen molar-refractivity contribution >= 4 is 11.9 Å². The smallest absolute Gasteiger partial charge is 0.335 e. The fourth-order valence-corrected chi connectivity index (χ4v) is 6.67. The molecule has 1 saturated carbocycles. The van der Waals surface area contributed by atoms with Crippen molar-refractivity contribution in [2.45, 2.75) is 91.4 Å². The summed E-state index contributed by atoms with van der Waals surface area (Å²) in [5.41, 5.74) is 5.88. The number of aryl methyl sites for hydroxylation is 1. The molecule has 0 aliphatic heterocycles. The highest BCUT2D eigenvalue weighted by Gasteiger charge is 2.28.